The number of halogens is 2. The minimum absolute atomic E-state index is 0. The summed E-state index contributed by atoms with van der Waals surface area (Å²) in [5, 5.41) is 0. The van der Waals surface area contributed by atoms with Crippen molar-refractivity contribution >= 4 is 37.2 Å². The third-order valence-corrected chi connectivity index (χ3v) is 1.63. The Kier molecular flexibility index (Phi) is 5.01. The van der Waals surface area contributed by atoms with Gasteiger partial charge in [-0.15, -0.1) is 12.4 Å². The molecule has 0 aromatic carbocycles. The summed E-state index contributed by atoms with van der Waals surface area (Å²) in [6, 6.07) is 0. The van der Waals surface area contributed by atoms with Crippen molar-refractivity contribution in [2.24, 2.45) is 0 Å². The van der Waals surface area contributed by atoms with Gasteiger partial charge in [-0.05, 0) is 0 Å². The second kappa shape index (κ2) is 3.81. The Morgan fingerprint density at radius 3 is 1.70 bits per heavy atom. The van der Waals surface area contributed by atoms with Gasteiger partial charge in [-0.25, -0.2) is 4.57 Å². The van der Waals surface area contributed by atoms with Crippen molar-refractivity contribution in [3.8, 4) is 0 Å². The van der Waals surface area contributed by atoms with Crippen LogP contribution < -0.4 is 0 Å². The molecule has 0 bridgehead atoms. The average Bonchev–Trinajstić information content (AvgIpc) is 1.14. The Bertz CT molecular complexity index is 226. The first-order chi connectivity index (χ1) is 3.71. The van der Waals surface area contributed by atoms with E-state index in [2.05, 4.69) is 3.97 Å². The quantitative estimate of drug-likeness (QED) is 0.382. The van der Waals surface area contributed by atoms with Crippen molar-refractivity contribution in [2.75, 3.05) is 0 Å². The van der Waals surface area contributed by atoms with Crippen LogP contribution in [0.4, 0.5) is 8.39 Å². The zero-order chi connectivity index (χ0) is 7.71. The molecule has 0 unspecified atom stereocenters. The Hall–Kier alpha value is 0.557. The maximum absolute atomic E-state index is 11.0. The summed E-state index contributed by atoms with van der Waals surface area (Å²) in [7, 11) is -11.4. The van der Waals surface area contributed by atoms with Crippen LogP contribution >= 0.6 is 7.99 Å². The number of hydrogen-bond acceptors (Lipinski definition) is 4. The first-order valence-corrected chi connectivity index (χ1v) is 4.16. The summed E-state index contributed by atoms with van der Waals surface area (Å²) in [5.74, 6) is 0. The SMILES string of the molecule is O=P(F)(F)OS(=O)(=O)O.[LiH]. The van der Waals surface area contributed by atoms with Gasteiger partial charge < -0.3 is 0 Å². The first-order valence-electron chi connectivity index (χ1n) is 1.39. The van der Waals surface area contributed by atoms with Gasteiger partial charge in [-0.3, -0.25) is 4.55 Å². The molecule has 0 aliphatic rings. The van der Waals surface area contributed by atoms with E-state index < -0.39 is 18.4 Å². The summed E-state index contributed by atoms with van der Waals surface area (Å²) < 4.78 is 59.6. The van der Waals surface area contributed by atoms with Crippen LogP contribution in [0, 0.1) is 0 Å². The molecule has 0 heterocycles. The van der Waals surface area contributed by atoms with Crippen LogP contribution in [-0.4, -0.2) is 31.8 Å². The summed E-state index contributed by atoms with van der Waals surface area (Å²) in [5.41, 5.74) is 0. The van der Waals surface area contributed by atoms with Gasteiger partial charge in [-0.1, -0.05) is 0 Å². The third-order valence-electron chi connectivity index (χ3n) is 0.181. The number of rotatable bonds is 2. The van der Waals surface area contributed by atoms with Gasteiger partial charge in [-0.2, -0.15) is 8.42 Å². The molecule has 0 aliphatic carbocycles. The van der Waals surface area contributed by atoms with Crippen molar-refractivity contribution in [2.45, 2.75) is 0 Å². The monoisotopic (exact) mass is 190 g/mol. The van der Waals surface area contributed by atoms with E-state index >= 15 is 0 Å². The van der Waals surface area contributed by atoms with Gasteiger partial charge >= 0.3 is 37.2 Å². The Morgan fingerprint density at radius 2 is 1.70 bits per heavy atom. The Labute approximate surface area is 67.6 Å². The van der Waals surface area contributed by atoms with Gasteiger partial charge in [0.15, 0.2) is 0 Å². The van der Waals surface area contributed by atoms with Gasteiger partial charge in [0.05, 0.1) is 0 Å². The molecule has 1 N–H and O–H groups in total. The summed E-state index contributed by atoms with van der Waals surface area (Å²) in [6.07, 6.45) is 0. The van der Waals surface area contributed by atoms with E-state index in [4.69, 9.17) is 9.12 Å². The first kappa shape index (κ1) is 13.2. The van der Waals surface area contributed by atoms with Crippen LogP contribution in [0.3, 0.4) is 0 Å². The molecular formula is H2F2LiO5PS. The van der Waals surface area contributed by atoms with Crippen LogP contribution in [0.2, 0.25) is 0 Å². The fourth-order valence-electron chi connectivity index (χ4n) is 0.110. The standard InChI is InChI=1S/F2HO5PS.Li.H/c1-8(2,3)7-9(4,5)6;;/h(H,4,5,6);;. The predicted molar refractivity (Wildman–Crippen MR) is 29.6 cm³/mol. The Balaban J connectivity index is 0. The molecular weight excluding hydrogens is 188 g/mol. The maximum atomic E-state index is 11.0. The molecule has 0 amide bonds. The van der Waals surface area contributed by atoms with Crippen LogP contribution in [-0.2, 0) is 18.9 Å². The van der Waals surface area contributed by atoms with Crippen LogP contribution in [0.5, 0.6) is 0 Å². The normalized spacial score (nSPS) is 12.3. The molecule has 0 atom stereocenters. The van der Waals surface area contributed by atoms with Gasteiger partial charge in [0.1, 0.15) is 0 Å². The third kappa shape index (κ3) is 11.4. The van der Waals surface area contributed by atoms with E-state index in [1.165, 1.54) is 0 Å². The molecule has 0 aromatic rings. The van der Waals surface area contributed by atoms with Crippen LogP contribution in [0.15, 0.2) is 0 Å². The second-order valence-electron chi connectivity index (χ2n) is 0.917. The van der Waals surface area contributed by atoms with Gasteiger partial charge in [0.2, 0.25) is 0 Å². The van der Waals surface area contributed by atoms with E-state index in [0.717, 1.165) is 0 Å². The zero-order valence-corrected chi connectivity index (χ0v) is 5.40. The van der Waals surface area contributed by atoms with E-state index in [-0.39, 0.29) is 18.9 Å². The molecule has 0 aliphatic heterocycles. The van der Waals surface area contributed by atoms with E-state index in [0.29, 0.717) is 0 Å². The molecule has 0 saturated carbocycles. The van der Waals surface area contributed by atoms with E-state index in [9.17, 15) is 16.8 Å². The predicted octanol–water partition coefficient (Wildman–Crippen LogP) is 0.204. The zero-order valence-electron chi connectivity index (χ0n) is 3.69. The Morgan fingerprint density at radius 1 is 1.40 bits per heavy atom. The van der Waals surface area contributed by atoms with Crippen molar-refractivity contribution in [3.63, 3.8) is 0 Å². The number of hydrogen-bond donors (Lipinski definition) is 1. The van der Waals surface area contributed by atoms with E-state index in [1.807, 2.05) is 0 Å². The summed E-state index contributed by atoms with van der Waals surface area (Å²) in [6.45, 7) is 0. The van der Waals surface area contributed by atoms with Crippen molar-refractivity contribution in [3.05, 3.63) is 0 Å². The molecule has 10 heteroatoms. The van der Waals surface area contributed by atoms with E-state index in [1.54, 1.807) is 0 Å². The van der Waals surface area contributed by atoms with Crippen LogP contribution in [0.25, 0.3) is 0 Å². The summed E-state index contributed by atoms with van der Waals surface area (Å²) >= 11 is 0. The molecule has 0 saturated heterocycles. The second-order valence-corrected chi connectivity index (χ2v) is 3.20. The van der Waals surface area contributed by atoms with Gasteiger partial charge in [0.25, 0.3) is 0 Å². The molecule has 0 fully saturated rings. The molecule has 5 nitrogen and oxygen atoms in total. The fraction of sp³-hybridized carbons (Fsp3) is 0. The van der Waals surface area contributed by atoms with Crippen molar-refractivity contribution in [1.29, 1.82) is 0 Å². The topological polar surface area (TPSA) is 80.7 Å². The minimum atomic E-state index is -6.13. The van der Waals surface area contributed by atoms with Crippen molar-refractivity contribution in [1.82, 2.24) is 0 Å². The van der Waals surface area contributed by atoms with Crippen LogP contribution in [0.1, 0.15) is 0 Å². The molecule has 0 spiro atoms. The van der Waals surface area contributed by atoms with Crippen molar-refractivity contribution < 1.29 is 29.9 Å². The molecule has 58 valence electrons. The molecule has 0 rings (SSSR count). The molecule has 0 radical (unpaired) electrons. The molecule has 10 heavy (non-hydrogen) atoms. The molecule has 0 aromatic heterocycles. The summed E-state index contributed by atoms with van der Waals surface area (Å²) in [4.78, 5) is 0. The average molecular weight is 190 g/mol. The fourth-order valence-corrected chi connectivity index (χ4v) is 0.987. The van der Waals surface area contributed by atoms with Gasteiger partial charge in [0, 0.05) is 0 Å².